The van der Waals surface area contributed by atoms with E-state index in [1.165, 1.54) is 7.11 Å². The van der Waals surface area contributed by atoms with Crippen LogP contribution in [0.2, 0.25) is 0 Å². The Labute approximate surface area is 118 Å². The summed E-state index contributed by atoms with van der Waals surface area (Å²) in [5.41, 5.74) is 4.81. The minimum Gasteiger partial charge on any atom is -0.493 e. The standard InChI is InChI=1S/C15H16N2O3/c1-4-7-20-12-6-5-11(8-13(12)19-3)15(2,10-16)9-14(17)18/h1,5-6,8H,7,9H2,2-3H3,(H2,17,18). The van der Waals surface area contributed by atoms with E-state index in [1.807, 2.05) is 0 Å². The van der Waals surface area contributed by atoms with Gasteiger partial charge in [-0.1, -0.05) is 12.0 Å². The number of ether oxygens (including phenoxy) is 2. The quantitative estimate of drug-likeness (QED) is 0.792. The number of rotatable bonds is 6. The fourth-order valence-electron chi connectivity index (χ4n) is 1.80. The highest BCUT2D eigenvalue weighted by Crippen LogP contribution is 2.34. The third-order valence-electron chi connectivity index (χ3n) is 2.89. The maximum Gasteiger partial charge on any atom is 0.219 e. The molecule has 5 heteroatoms. The molecule has 2 N–H and O–H groups in total. The predicted octanol–water partition coefficient (Wildman–Crippen LogP) is 1.36. The van der Waals surface area contributed by atoms with Crippen LogP contribution in [0.5, 0.6) is 11.5 Å². The van der Waals surface area contributed by atoms with Gasteiger partial charge in [0.1, 0.15) is 6.61 Å². The van der Waals surface area contributed by atoms with Crippen LogP contribution in [0, 0.1) is 23.7 Å². The number of primary amides is 1. The van der Waals surface area contributed by atoms with E-state index in [1.54, 1.807) is 25.1 Å². The summed E-state index contributed by atoms with van der Waals surface area (Å²) in [5, 5.41) is 9.31. The van der Waals surface area contributed by atoms with Gasteiger partial charge in [-0.05, 0) is 24.6 Å². The second-order valence-corrected chi connectivity index (χ2v) is 4.45. The van der Waals surface area contributed by atoms with Crippen molar-refractivity contribution >= 4 is 5.91 Å². The first-order valence-electron chi connectivity index (χ1n) is 5.91. The molecule has 20 heavy (non-hydrogen) atoms. The monoisotopic (exact) mass is 272 g/mol. The summed E-state index contributed by atoms with van der Waals surface area (Å²) in [6.07, 6.45) is 5.06. The maximum absolute atomic E-state index is 11.1. The minimum absolute atomic E-state index is 0.0722. The van der Waals surface area contributed by atoms with Gasteiger partial charge < -0.3 is 15.2 Å². The molecule has 0 aliphatic carbocycles. The highest BCUT2D eigenvalue weighted by Gasteiger charge is 2.29. The number of hydrogen-bond acceptors (Lipinski definition) is 4. The molecule has 1 unspecified atom stereocenters. The molecule has 0 aliphatic rings. The Morgan fingerprint density at radius 1 is 1.50 bits per heavy atom. The van der Waals surface area contributed by atoms with E-state index in [2.05, 4.69) is 12.0 Å². The van der Waals surface area contributed by atoms with Crippen molar-refractivity contribution in [1.29, 1.82) is 5.26 Å². The number of hydrogen-bond donors (Lipinski definition) is 1. The van der Waals surface area contributed by atoms with E-state index < -0.39 is 11.3 Å². The largest absolute Gasteiger partial charge is 0.493 e. The lowest BCUT2D eigenvalue weighted by molar-refractivity contribution is -0.118. The molecular formula is C15H16N2O3. The van der Waals surface area contributed by atoms with Crippen LogP contribution in [0.4, 0.5) is 0 Å². The number of nitriles is 1. The number of benzene rings is 1. The van der Waals surface area contributed by atoms with Gasteiger partial charge in [0.2, 0.25) is 5.91 Å². The van der Waals surface area contributed by atoms with E-state index in [9.17, 15) is 10.1 Å². The van der Waals surface area contributed by atoms with Gasteiger partial charge in [0.15, 0.2) is 11.5 Å². The van der Waals surface area contributed by atoms with Gasteiger partial charge in [-0.2, -0.15) is 5.26 Å². The molecule has 1 aromatic rings. The summed E-state index contributed by atoms with van der Waals surface area (Å²) in [4.78, 5) is 11.1. The molecule has 0 bridgehead atoms. The average molecular weight is 272 g/mol. The molecule has 0 radical (unpaired) electrons. The zero-order chi connectivity index (χ0) is 15.2. The normalized spacial score (nSPS) is 12.6. The van der Waals surface area contributed by atoms with Crippen LogP contribution in [-0.2, 0) is 10.2 Å². The molecule has 0 spiro atoms. The molecule has 0 aliphatic heterocycles. The van der Waals surface area contributed by atoms with Crippen molar-refractivity contribution in [3.8, 4) is 29.9 Å². The van der Waals surface area contributed by atoms with Crippen molar-refractivity contribution < 1.29 is 14.3 Å². The minimum atomic E-state index is -1.01. The third-order valence-corrected chi connectivity index (χ3v) is 2.89. The molecule has 1 amide bonds. The summed E-state index contributed by atoms with van der Waals surface area (Å²) in [6.45, 7) is 1.76. The first kappa shape index (κ1) is 15.4. The highest BCUT2D eigenvalue weighted by atomic mass is 16.5. The Balaban J connectivity index is 3.17. The Morgan fingerprint density at radius 3 is 2.70 bits per heavy atom. The number of nitrogens with two attached hydrogens (primary N) is 1. The van der Waals surface area contributed by atoms with Gasteiger partial charge in [-0.25, -0.2) is 0 Å². The van der Waals surface area contributed by atoms with E-state index in [0.29, 0.717) is 17.1 Å². The van der Waals surface area contributed by atoms with Crippen LogP contribution in [0.1, 0.15) is 18.9 Å². The van der Waals surface area contributed by atoms with Crippen molar-refractivity contribution in [2.45, 2.75) is 18.8 Å². The molecule has 0 saturated carbocycles. The van der Waals surface area contributed by atoms with Gasteiger partial charge in [-0.3, -0.25) is 4.79 Å². The summed E-state index contributed by atoms with van der Waals surface area (Å²) < 4.78 is 10.5. The summed E-state index contributed by atoms with van der Waals surface area (Å²) in [7, 11) is 1.49. The second-order valence-electron chi connectivity index (χ2n) is 4.45. The fraction of sp³-hybridized carbons (Fsp3) is 0.333. The van der Waals surface area contributed by atoms with Crippen LogP contribution in [0.15, 0.2) is 18.2 Å². The zero-order valence-electron chi connectivity index (χ0n) is 11.5. The first-order valence-corrected chi connectivity index (χ1v) is 5.91. The van der Waals surface area contributed by atoms with Gasteiger partial charge in [-0.15, -0.1) is 6.42 Å². The van der Waals surface area contributed by atoms with Crippen molar-refractivity contribution in [3.63, 3.8) is 0 Å². The number of amides is 1. The van der Waals surface area contributed by atoms with Crippen LogP contribution in [0.25, 0.3) is 0 Å². The van der Waals surface area contributed by atoms with E-state index in [4.69, 9.17) is 21.6 Å². The number of carbonyl (C=O) groups excluding carboxylic acids is 1. The lowest BCUT2D eigenvalue weighted by Crippen LogP contribution is -2.27. The van der Waals surface area contributed by atoms with Gasteiger partial charge >= 0.3 is 0 Å². The molecule has 0 aromatic heterocycles. The second kappa shape index (κ2) is 6.49. The van der Waals surface area contributed by atoms with E-state index >= 15 is 0 Å². The van der Waals surface area contributed by atoms with E-state index in [-0.39, 0.29) is 13.0 Å². The Morgan fingerprint density at radius 2 is 2.20 bits per heavy atom. The van der Waals surface area contributed by atoms with Gasteiger partial charge in [0, 0.05) is 6.42 Å². The maximum atomic E-state index is 11.1. The number of nitrogens with zero attached hydrogens (tertiary/aromatic N) is 1. The lowest BCUT2D eigenvalue weighted by Gasteiger charge is -2.21. The average Bonchev–Trinajstić information content (AvgIpc) is 2.43. The van der Waals surface area contributed by atoms with Crippen molar-refractivity contribution in [2.75, 3.05) is 13.7 Å². The number of carbonyl (C=O) groups is 1. The topological polar surface area (TPSA) is 85.3 Å². The van der Waals surface area contributed by atoms with Crippen molar-refractivity contribution in [1.82, 2.24) is 0 Å². The van der Waals surface area contributed by atoms with Crippen LogP contribution >= 0.6 is 0 Å². The smallest absolute Gasteiger partial charge is 0.219 e. The number of methoxy groups -OCH3 is 1. The van der Waals surface area contributed by atoms with Crippen molar-refractivity contribution in [3.05, 3.63) is 23.8 Å². The molecule has 104 valence electrons. The molecular weight excluding hydrogens is 256 g/mol. The molecule has 0 saturated heterocycles. The third kappa shape index (κ3) is 3.43. The SMILES string of the molecule is C#CCOc1ccc(C(C)(C#N)CC(N)=O)cc1OC. The van der Waals surface area contributed by atoms with E-state index in [0.717, 1.165) is 0 Å². The Bertz CT molecular complexity index is 584. The summed E-state index contributed by atoms with van der Waals surface area (Å²) >= 11 is 0. The fourth-order valence-corrected chi connectivity index (χ4v) is 1.80. The van der Waals surface area contributed by atoms with Gasteiger partial charge in [0.05, 0.1) is 18.6 Å². The molecule has 0 fully saturated rings. The predicted molar refractivity (Wildman–Crippen MR) is 74.1 cm³/mol. The number of terminal acetylenes is 1. The molecule has 1 atom stereocenters. The Hall–Kier alpha value is -2.66. The molecule has 1 rings (SSSR count). The summed E-state index contributed by atoms with van der Waals surface area (Å²) in [6, 6.07) is 7.11. The van der Waals surface area contributed by atoms with Gasteiger partial charge in [0.25, 0.3) is 0 Å². The van der Waals surface area contributed by atoms with Crippen LogP contribution < -0.4 is 15.2 Å². The molecule has 5 nitrogen and oxygen atoms in total. The van der Waals surface area contributed by atoms with Crippen LogP contribution in [-0.4, -0.2) is 19.6 Å². The van der Waals surface area contributed by atoms with Crippen molar-refractivity contribution in [2.24, 2.45) is 5.73 Å². The lowest BCUT2D eigenvalue weighted by atomic mass is 9.80. The zero-order valence-corrected chi connectivity index (χ0v) is 11.5. The Kier molecular flexibility index (Phi) is 5.00. The highest BCUT2D eigenvalue weighted by molar-refractivity contribution is 5.76. The summed E-state index contributed by atoms with van der Waals surface area (Å²) in [5.74, 6) is 2.75. The first-order chi connectivity index (χ1) is 9.46. The molecule has 1 aromatic carbocycles. The van der Waals surface area contributed by atoms with Crippen LogP contribution in [0.3, 0.4) is 0 Å². The molecule has 0 heterocycles.